The smallest absolute Gasteiger partial charge is 0.250 e. The lowest BCUT2D eigenvalue weighted by molar-refractivity contribution is 0.761. The Morgan fingerprint density at radius 2 is 1.70 bits per heavy atom. The minimum atomic E-state index is 0.0126. The van der Waals surface area contributed by atoms with E-state index in [1.807, 2.05) is 48.8 Å². The quantitative estimate of drug-likeness (QED) is 0.609. The standard InChI is InChI=1S/C20H16N2O/c23-20-9-8-18(14-22(20)13-15-4-2-1-3-5-15)17-7-6-16-10-11-21-19(16)12-17/h1-12,14,21H,13H2. The SMILES string of the molecule is O=c1ccc(-c2ccc3cc[nH]c3c2)cn1Cc1ccccc1. The Hall–Kier alpha value is -3.07. The number of pyridine rings is 1. The summed E-state index contributed by atoms with van der Waals surface area (Å²) in [5, 5.41) is 1.19. The number of nitrogens with one attached hydrogen (secondary N) is 1. The summed E-state index contributed by atoms with van der Waals surface area (Å²) in [6.07, 6.45) is 3.87. The summed E-state index contributed by atoms with van der Waals surface area (Å²) < 4.78 is 1.75. The molecule has 0 unspecified atom stereocenters. The van der Waals surface area contributed by atoms with Crippen LogP contribution in [0.15, 0.2) is 83.9 Å². The molecule has 0 spiro atoms. The molecule has 0 saturated heterocycles. The fourth-order valence-corrected chi connectivity index (χ4v) is 2.83. The topological polar surface area (TPSA) is 37.8 Å². The summed E-state index contributed by atoms with van der Waals surface area (Å²) in [6, 6.07) is 21.9. The Labute approximate surface area is 133 Å². The third kappa shape index (κ3) is 2.69. The highest BCUT2D eigenvalue weighted by Gasteiger charge is 2.04. The number of aromatic nitrogens is 2. The first-order valence-electron chi connectivity index (χ1n) is 7.61. The summed E-state index contributed by atoms with van der Waals surface area (Å²) in [6.45, 7) is 0.582. The van der Waals surface area contributed by atoms with Crippen molar-refractivity contribution >= 4 is 10.9 Å². The van der Waals surface area contributed by atoms with Gasteiger partial charge in [0.25, 0.3) is 5.56 Å². The second kappa shape index (κ2) is 5.61. The molecule has 0 saturated carbocycles. The van der Waals surface area contributed by atoms with Gasteiger partial charge in [-0.2, -0.15) is 0 Å². The number of rotatable bonds is 3. The predicted molar refractivity (Wildman–Crippen MR) is 93.5 cm³/mol. The van der Waals surface area contributed by atoms with E-state index < -0.39 is 0 Å². The molecule has 0 aliphatic carbocycles. The molecule has 0 aliphatic heterocycles. The minimum absolute atomic E-state index is 0.0126. The van der Waals surface area contributed by atoms with Gasteiger partial charge in [-0.15, -0.1) is 0 Å². The Morgan fingerprint density at radius 1 is 0.870 bits per heavy atom. The maximum atomic E-state index is 12.1. The molecule has 0 bridgehead atoms. The third-order valence-electron chi connectivity index (χ3n) is 4.07. The zero-order chi connectivity index (χ0) is 15.6. The largest absolute Gasteiger partial charge is 0.361 e. The first-order valence-corrected chi connectivity index (χ1v) is 7.61. The second-order valence-electron chi connectivity index (χ2n) is 5.65. The Morgan fingerprint density at radius 3 is 2.57 bits per heavy atom. The molecule has 2 aromatic heterocycles. The zero-order valence-electron chi connectivity index (χ0n) is 12.6. The van der Waals surface area contributed by atoms with Crippen LogP contribution in [0.1, 0.15) is 5.56 Å². The normalized spacial score (nSPS) is 11.0. The molecule has 0 radical (unpaired) electrons. The van der Waals surface area contributed by atoms with Crippen LogP contribution in [0.4, 0.5) is 0 Å². The highest BCUT2D eigenvalue weighted by atomic mass is 16.1. The molecule has 0 aliphatic rings. The molecule has 0 atom stereocenters. The highest BCUT2D eigenvalue weighted by Crippen LogP contribution is 2.23. The number of benzene rings is 2. The van der Waals surface area contributed by atoms with Crippen molar-refractivity contribution in [3.05, 3.63) is 95.0 Å². The molecule has 4 aromatic rings. The summed E-state index contributed by atoms with van der Waals surface area (Å²) in [5.74, 6) is 0. The van der Waals surface area contributed by atoms with E-state index in [4.69, 9.17) is 0 Å². The molecule has 0 fully saturated rings. The van der Waals surface area contributed by atoms with Crippen LogP contribution in [0.25, 0.3) is 22.0 Å². The van der Waals surface area contributed by atoms with E-state index in [-0.39, 0.29) is 5.56 Å². The number of hydrogen-bond acceptors (Lipinski definition) is 1. The molecule has 23 heavy (non-hydrogen) atoms. The average molecular weight is 300 g/mol. The van der Waals surface area contributed by atoms with E-state index in [1.54, 1.807) is 10.6 Å². The number of fused-ring (bicyclic) bond motifs is 1. The van der Waals surface area contributed by atoms with Gasteiger partial charge in [-0.05, 0) is 40.3 Å². The van der Waals surface area contributed by atoms with Crippen molar-refractivity contribution in [1.29, 1.82) is 0 Å². The van der Waals surface area contributed by atoms with Gasteiger partial charge in [0.05, 0.1) is 6.54 Å². The molecule has 3 heteroatoms. The Kier molecular flexibility index (Phi) is 3.31. The van der Waals surface area contributed by atoms with Crippen LogP contribution in [0.3, 0.4) is 0 Å². The van der Waals surface area contributed by atoms with Gasteiger partial charge >= 0.3 is 0 Å². The molecular formula is C20H16N2O. The molecule has 2 heterocycles. The van der Waals surface area contributed by atoms with Crippen molar-refractivity contribution in [1.82, 2.24) is 9.55 Å². The van der Waals surface area contributed by atoms with Crippen molar-refractivity contribution in [3.8, 4) is 11.1 Å². The molecule has 4 rings (SSSR count). The van der Waals surface area contributed by atoms with E-state index in [1.165, 1.54) is 5.39 Å². The fourth-order valence-electron chi connectivity index (χ4n) is 2.83. The predicted octanol–water partition coefficient (Wildman–Crippen LogP) is 4.04. The van der Waals surface area contributed by atoms with Gasteiger partial charge in [0.15, 0.2) is 0 Å². The maximum Gasteiger partial charge on any atom is 0.250 e. The number of H-pyrrole nitrogens is 1. The van der Waals surface area contributed by atoms with E-state index >= 15 is 0 Å². The first kappa shape index (κ1) is 13.6. The van der Waals surface area contributed by atoms with Crippen LogP contribution in [-0.2, 0) is 6.54 Å². The summed E-state index contributed by atoms with van der Waals surface area (Å²) in [4.78, 5) is 15.4. The summed E-state index contributed by atoms with van der Waals surface area (Å²) in [5.41, 5.74) is 4.37. The van der Waals surface area contributed by atoms with Crippen LogP contribution in [-0.4, -0.2) is 9.55 Å². The molecule has 3 nitrogen and oxygen atoms in total. The number of hydrogen-bond donors (Lipinski definition) is 1. The van der Waals surface area contributed by atoms with E-state index in [0.717, 1.165) is 22.2 Å². The number of nitrogens with zero attached hydrogens (tertiary/aromatic N) is 1. The van der Waals surface area contributed by atoms with Crippen molar-refractivity contribution in [2.75, 3.05) is 0 Å². The monoisotopic (exact) mass is 300 g/mol. The molecule has 2 aromatic carbocycles. The first-order chi connectivity index (χ1) is 11.3. The second-order valence-corrected chi connectivity index (χ2v) is 5.65. The summed E-state index contributed by atoms with van der Waals surface area (Å²) >= 11 is 0. The lowest BCUT2D eigenvalue weighted by Gasteiger charge is -2.09. The summed E-state index contributed by atoms with van der Waals surface area (Å²) in [7, 11) is 0. The molecule has 1 N–H and O–H groups in total. The van der Waals surface area contributed by atoms with Gasteiger partial charge in [0.1, 0.15) is 0 Å². The van der Waals surface area contributed by atoms with E-state index in [2.05, 4.69) is 29.2 Å². The van der Waals surface area contributed by atoms with Crippen LogP contribution < -0.4 is 5.56 Å². The van der Waals surface area contributed by atoms with Crippen molar-refractivity contribution < 1.29 is 0 Å². The molecule has 0 amide bonds. The highest BCUT2D eigenvalue weighted by molar-refractivity contribution is 5.84. The van der Waals surface area contributed by atoms with Crippen LogP contribution in [0, 0.1) is 0 Å². The third-order valence-corrected chi connectivity index (χ3v) is 4.07. The van der Waals surface area contributed by atoms with Gasteiger partial charge in [-0.1, -0.05) is 42.5 Å². The minimum Gasteiger partial charge on any atom is -0.361 e. The van der Waals surface area contributed by atoms with Crippen LogP contribution >= 0.6 is 0 Å². The van der Waals surface area contributed by atoms with Crippen molar-refractivity contribution in [2.24, 2.45) is 0 Å². The Balaban J connectivity index is 1.75. The van der Waals surface area contributed by atoms with Crippen molar-refractivity contribution in [3.63, 3.8) is 0 Å². The maximum absolute atomic E-state index is 12.1. The lowest BCUT2D eigenvalue weighted by atomic mass is 10.1. The fraction of sp³-hybridized carbons (Fsp3) is 0.0500. The van der Waals surface area contributed by atoms with E-state index in [0.29, 0.717) is 6.54 Å². The average Bonchev–Trinajstić information content (AvgIpc) is 3.05. The van der Waals surface area contributed by atoms with Gasteiger partial charge in [0, 0.05) is 24.0 Å². The zero-order valence-corrected chi connectivity index (χ0v) is 12.6. The van der Waals surface area contributed by atoms with Crippen LogP contribution in [0.2, 0.25) is 0 Å². The van der Waals surface area contributed by atoms with Crippen LogP contribution in [0.5, 0.6) is 0 Å². The van der Waals surface area contributed by atoms with Gasteiger partial charge < -0.3 is 9.55 Å². The number of aromatic amines is 1. The van der Waals surface area contributed by atoms with E-state index in [9.17, 15) is 4.79 Å². The lowest BCUT2D eigenvalue weighted by Crippen LogP contribution is -2.19. The van der Waals surface area contributed by atoms with Gasteiger partial charge in [-0.3, -0.25) is 4.79 Å². The Bertz CT molecular complexity index is 1010. The van der Waals surface area contributed by atoms with Gasteiger partial charge in [-0.25, -0.2) is 0 Å². The van der Waals surface area contributed by atoms with Crippen molar-refractivity contribution in [2.45, 2.75) is 6.54 Å². The molecular weight excluding hydrogens is 284 g/mol. The van der Waals surface area contributed by atoms with Gasteiger partial charge in [0.2, 0.25) is 0 Å². The molecule has 112 valence electrons.